The van der Waals surface area contributed by atoms with E-state index in [-0.39, 0.29) is 29.0 Å². The summed E-state index contributed by atoms with van der Waals surface area (Å²) in [7, 11) is 1.71. The van der Waals surface area contributed by atoms with Crippen molar-refractivity contribution in [2.24, 2.45) is 0 Å². The van der Waals surface area contributed by atoms with Gasteiger partial charge in [-0.15, -0.1) is 0 Å². The molecule has 0 aliphatic heterocycles. The van der Waals surface area contributed by atoms with Crippen molar-refractivity contribution < 1.29 is 18.0 Å². The Hall–Kier alpha value is -2.74. The summed E-state index contributed by atoms with van der Waals surface area (Å²) in [6, 6.07) is 5.80. The smallest absolute Gasteiger partial charge is 0.344 e. The normalized spacial score (nSPS) is 11.7. The average Bonchev–Trinajstić information content (AvgIpc) is 3.05. The summed E-state index contributed by atoms with van der Waals surface area (Å²) >= 11 is 5.83. The topological polar surface area (TPSA) is 50.2 Å². The van der Waals surface area contributed by atoms with Gasteiger partial charge in [-0.05, 0) is 43.7 Å². The Labute approximate surface area is 171 Å². The number of alkyl halides is 3. The molecule has 0 atom stereocenters. The minimum Gasteiger partial charge on any atom is -0.344 e. The molecule has 0 fully saturated rings. The summed E-state index contributed by atoms with van der Waals surface area (Å²) in [6.45, 7) is 4.14. The van der Waals surface area contributed by atoms with Gasteiger partial charge in [-0.2, -0.15) is 13.2 Å². The lowest BCUT2D eigenvalue weighted by Gasteiger charge is -2.18. The number of likely N-dealkylation sites (N-methyl/N-ethyl adjacent to an activating group) is 1. The number of hydrogen-bond donors (Lipinski definition) is 1. The van der Waals surface area contributed by atoms with Gasteiger partial charge in [0, 0.05) is 36.4 Å². The quantitative estimate of drug-likeness (QED) is 0.609. The number of hydrogen-bond acceptors (Lipinski definition) is 3. The second-order valence-electron chi connectivity index (χ2n) is 6.71. The highest BCUT2D eigenvalue weighted by Crippen LogP contribution is 2.40. The maximum absolute atomic E-state index is 13.5. The van der Waals surface area contributed by atoms with Crippen molar-refractivity contribution in [3.05, 3.63) is 52.8 Å². The lowest BCUT2D eigenvalue weighted by Crippen LogP contribution is -2.29. The molecule has 0 unspecified atom stereocenters. The Bertz CT molecular complexity index is 1060. The minimum absolute atomic E-state index is 0.0104. The zero-order valence-electron chi connectivity index (χ0n) is 16.1. The van der Waals surface area contributed by atoms with Crippen LogP contribution in [0.15, 0.2) is 36.7 Å². The fraction of sp³-hybridized carbons (Fsp3) is 0.300. The largest absolute Gasteiger partial charge is 0.418 e. The number of aromatic nitrogens is 2. The van der Waals surface area contributed by atoms with Gasteiger partial charge in [-0.25, -0.2) is 4.98 Å². The fourth-order valence-electron chi connectivity index (χ4n) is 3.05. The van der Waals surface area contributed by atoms with E-state index < -0.39 is 11.7 Å². The van der Waals surface area contributed by atoms with Crippen molar-refractivity contribution >= 4 is 39.9 Å². The van der Waals surface area contributed by atoms with Crippen LogP contribution in [0, 0.1) is 6.92 Å². The molecular formula is C20H20ClF3N4O. The number of carbonyl (C=O) groups is 1. The molecule has 1 N–H and O–H groups in total. The van der Waals surface area contributed by atoms with Gasteiger partial charge in [0.2, 0.25) is 5.91 Å². The predicted molar refractivity (Wildman–Crippen MR) is 108 cm³/mol. The molecule has 2 aromatic heterocycles. The molecule has 1 aromatic carbocycles. The van der Waals surface area contributed by atoms with Gasteiger partial charge in [0.15, 0.2) is 0 Å². The number of fused-ring (bicyclic) bond motifs is 1. The summed E-state index contributed by atoms with van der Waals surface area (Å²) in [5, 5.41) is 3.44. The highest BCUT2D eigenvalue weighted by molar-refractivity contribution is 6.30. The molecule has 3 rings (SSSR count). The standard InChI is InChI=1S/C20H20ClF3N4O/c1-4-27(3)17(29)11-28-8-6-14-16(28)5-7-25-19(14)26-18-12(2)9-13(21)10-15(18)20(22,23)24/h5-10H,4,11H2,1-3H3,(H,25,26). The Morgan fingerprint density at radius 1 is 1.31 bits per heavy atom. The molecule has 3 aromatic rings. The molecule has 0 bridgehead atoms. The number of anilines is 2. The molecule has 9 heteroatoms. The third kappa shape index (κ3) is 4.32. The first kappa shape index (κ1) is 21.0. The Morgan fingerprint density at radius 3 is 2.69 bits per heavy atom. The summed E-state index contributed by atoms with van der Waals surface area (Å²) in [5.74, 6) is 0.206. The molecule has 0 aliphatic rings. The van der Waals surface area contributed by atoms with Gasteiger partial charge >= 0.3 is 6.18 Å². The molecule has 2 heterocycles. The lowest BCUT2D eigenvalue weighted by molar-refractivity contribution is -0.137. The van der Waals surface area contributed by atoms with E-state index in [1.54, 1.807) is 41.8 Å². The van der Waals surface area contributed by atoms with E-state index in [1.165, 1.54) is 12.3 Å². The minimum atomic E-state index is -4.57. The number of amides is 1. The third-order valence-electron chi connectivity index (χ3n) is 4.75. The van der Waals surface area contributed by atoms with Crippen molar-refractivity contribution in [2.45, 2.75) is 26.6 Å². The van der Waals surface area contributed by atoms with Gasteiger partial charge in [0.25, 0.3) is 0 Å². The van der Waals surface area contributed by atoms with E-state index in [0.717, 1.165) is 6.07 Å². The third-order valence-corrected chi connectivity index (χ3v) is 4.97. The maximum Gasteiger partial charge on any atom is 0.418 e. The van der Waals surface area contributed by atoms with E-state index in [1.807, 2.05) is 6.92 Å². The Morgan fingerprint density at radius 2 is 2.03 bits per heavy atom. The number of nitrogens with zero attached hydrogens (tertiary/aromatic N) is 3. The molecule has 154 valence electrons. The van der Waals surface area contributed by atoms with Crippen LogP contribution in [0.1, 0.15) is 18.1 Å². The monoisotopic (exact) mass is 424 g/mol. The van der Waals surface area contributed by atoms with Crippen LogP contribution in [0.5, 0.6) is 0 Å². The number of carbonyl (C=O) groups excluding carboxylic acids is 1. The Kier molecular flexibility index (Phi) is 5.75. The van der Waals surface area contributed by atoms with Crippen LogP contribution in [-0.4, -0.2) is 34.0 Å². The molecule has 1 amide bonds. The summed E-state index contributed by atoms with van der Waals surface area (Å²) < 4.78 is 42.3. The highest BCUT2D eigenvalue weighted by atomic mass is 35.5. The number of rotatable bonds is 5. The zero-order valence-corrected chi connectivity index (χ0v) is 16.9. The second kappa shape index (κ2) is 7.94. The summed E-state index contributed by atoms with van der Waals surface area (Å²) in [5.41, 5.74) is 0.0836. The molecule has 0 spiro atoms. The first-order valence-electron chi connectivity index (χ1n) is 8.94. The summed E-state index contributed by atoms with van der Waals surface area (Å²) in [6.07, 6.45) is -1.36. The van der Waals surface area contributed by atoms with Gasteiger partial charge in [-0.1, -0.05) is 11.6 Å². The van der Waals surface area contributed by atoms with Gasteiger partial charge < -0.3 is 14.8 Å². The first-order valence-corrected chi connectivity index (χ1v) is 9.31. The first-order chi connectivity index (χ1) is 13.6. The predicted octanol–water partition coefficient (Wildman–Crippen LogP) is 5.24. The van der Waals surface area contributed by atoms with E-state index in [9.17, 15) is 18.0 Å². The van der Waals surface area contributed by atoms with Crippen LogP contribution >= 0.6 is 11.6 Å². The molecule has 29 heavy (non-hydrogen) atoms. The van der Waals surface area contributed by atoms with Crippen LogP contribution < -0.4 is 5.32 Å². The van der Waals surface area contributed by atoms with Crippen LogP contribution in [0.3, 0.4) is 0 Å². The van der Waals surface area contributed by atoms with Crippen LogP contribution in [0.4, 0.5) is 24.7 Å². The number of aryl methyl sites for hydroxylation is 1. The van der Waals surface area contributed by atoms with Crippen molar-refractivity contribution in [3.8, 4) is 0 Å². The second-order valence-corrected chi connectivity index (χ2v) is 7.15. The van der Waals surface area contributed by atoms with Crippen molar-refractivity contribution in [3.63, 3.8) is 0 Å². The van der Waals surface area contributed by atoms with Crippen LogP contribution in [-0.2, 0) is 17.5 Å². The number of halogens is 4. The van der Waals surface area contributed by atoms with E-state index >= 15 is 0 Å². The lowest BCUT2D eigenvalue weighted by atomic mass is 10.1. The molecule has 0 saturated heterocycles. The van der Waals surface area contributed by atoms with Gasteiger partial charge in [0.05, 0.1) is 16.8 Å². The Balaban J connectivity index is 2.02. The highest BCUT2D eigenvalue weighted by Gasteiger charge is 2.35. The number of pyridine rings is 1. The van der Waals surface area contributed by atoms with Gasteiger partial charge in [0.1, 0.15) is 12.4 Å². The van der Waals surface area contributed by atoms with E-state index in [2.05, 4.69) is 10.3 Å². The fourth-order valence-corrected chi connectivity index (χ4v) is 3.33. The molecule has 0 aliphatic carbocycles. The molecule has 0 saturated carbocycles. The van der Waals surface area contributed by atoms with Crippen molar-refractivity contribution in [1.29, 1.82) is 0 Å². The summed E-state index contributed by atoms with van der Waals surface area (Å²) in [4.78, 5) is 18.0. The van der Waals surface area contributed by atoms with E-state index in [0.29, 0.717) is 23.0 Å². The van der Waals surface area contributed by atoms with Crippen LogP contribution in [0.2, 0.25) is 5.02 Å². The zero-order chi connectivity index (χ0) is 21.3. The molecule has 5 nitrogen and oxygen atoms in total. The van der Waals surface area contributed by atoms with Crippen LogP contribution in [0.25, 0.3) is 10.9 Å². The van der Waals surface area contributed by atoms with E-state index in [4.69, 9.17) is 11.6 Å². The number of nitrogens with one attached hydrogen (secondary N) is 1. The SMILES string of the molecule is CCN(C)C(=O)Cn1ccc2c(Nc3c(C)cc(Cl)cc3C(F)(F)F)nccc21. The van der Waals surface area contributed by atoms with Gasteiger partial charge in [-0.3, -0.25) is 4.79 Å². The van der Waals surface area contributed by atoms with Crippen molar-refractivity contribution in [2.75, 3.05) is 18.9 Å². The maximum atomic E-state index is 13.5. The number of benzene rings is 1. The average molecular weight is 425 g/mol. The molecular weight excluding hydrogens is 405 g/mol. The van der Waals surface area contributed by atoms with Crippen molar-refractivity contribution in [1.82, 2.24) is 14.5 Å². The molecule has 0 radical (unpaired) electrons.